The maximum atomic E-state index is 7.22. The SMILES string of the molecule is C1=C[C@H]2Oc3c(-c4ccc(-c5ccccc5)c5ccccc45)cc(-c4ccc(-c5ccccc5)c5ccccc45)cc3C2C(C2=NC(c3ccccc3)=NC(c3ccccc3)N2)=C1. The Morgan fingerprint density at radius 1 is 0.444 bits per heavy atom. The summed E-state index contributed by atoms with van der Waals surface area (Å²) in [6.07, 6.45) is 5.98. The molecule has 9 aromatic carbocycles. The highest BCUT2D eigenvalue weighted by atomic mass is 16.5. The van der Waals surface area contributed by atoms with Gasteiger partial charge in [-0.15, -0.1) is 0 Å². The van der Waals surface area contributed by atoms with Gasteiger partial charge in [0.1, 0.15) is 23.9 Å². The van der Waals surface area contributed by atoms with Crippen LogP contribution in [0.4, 0.5) is 0 Å². The lowest BCUT2D eigenvalue weighted by Crippen LogP contribution is -2.37. The average Bonchev–Trinajstić information content (AvgIpc) is 3.75. The molecule has 2 heterocycles. The number of amidine groups is 2. The highest BCUT2D eigenvalue weighted by molar-refractivity contribution is 6.14. The second kappa shape index (κ2) is 15.4. The summed E-state index contributed by atoms with van der Waals surface area (Å²) in [7, 11) is 0. The van der Waals surface area contributed by atoms with Gasteiger partial charge in [0.25, 0.3) is 0 Å². The minimum Gasteiger partial charge on any atom is -0.484 e. The van der Waals surface area contributed by atoms with Crippen molar-refractivity contribution in [3.8, 4) is 50.3 Å². The predicted octanol–water partition coefficient (Wildman–Crippen LogP) is 14.1. The Morgan fingerprint density at radius 3 is 1.52 bits per heavy atom. The molecule has 0 radical (unpaired) electrons. The van der Waals surface area contributed by atoms with E-state index in [0.717, 1.165) is 50.5 Å². The van der Waals surface area contributed by atoms with Gasteiger partial charge >= 0.3 is 0 Å². The van der Waals surface area contributed by atoms with Crippen molar-refractivity contribution in [1.82, 2.24) is 5.32 Å². The zero-order chi connectivity index (χ0) is 41.7. The minimum atomic E-state index is -0.313. The number of fused-ring (bicyclic) bond motifs is 5. The summed E-state index contributed by atoms with van der Waals surface area (Å²) in [6.45, 7) is 0. The highest BCUT2D eigenvalue weighted by Gasteiger charge is 2.41. The Hall–Kier alpha value is -8.08. The Bertz CT molecular complexity index is 3330. The van der Waals surface area contributed by atoms with E-state index in [1.54, 1.807) is 0 Å². The Labute approximate surface area is 366 Å². The van der Waals surface area contributed by atoms with Crippen LogP contribution in [0.5, 0.6) is 5.75 Å². The molecule has 4 heteroatoms. The van der Waals surface area contributed by atoms with Gasteiger partial charge in [0, 0.05) is 22.3 Å². The summed E-state index contributed by atoms with van der Waals surface area (Å²) in [5.74, 6) is 2.28. The van der Waals surface area contributed by atoms with Crippen LogP contribution in [0, 0.1) is 0 Å². The van der Waals surface area contributed by atoms with Gasteiger partial charge in [-0.2, -0.15) is 0 Å². The van der Waals surface area contributed by atoms with E-state index >= 15 is 0 Å². The van der Waals surface area contributed by atoms with Crippen LogP contribution in [0.25, 0.3) is 66.1 Å². The summed E-state index contributed by atoms with van der Waals surface area (Å²) in [5.41, 5.74) is 13.6. The summed E-state index contributed by atoms with van der Waals surface area (Å²) in [6, 6.07) is 73.5. The molecule has 63 heavy (non-hydrogen) atoms. The summed E-state index contributed by atoms with van der Waals surface area (Å²) < 4.78 is 7.22. The maximum absolute atomic E-state index is 7.22. The van der Waals surface area contributed by atoms with Gasteiger partial charge < -0.3 is 10.1 Å². The zero-order valence-electron chi connectivity index (χ0n) is 34.4. The van der Waals surface area contributed by atoms with Crippen molar-refractivity contribution < 1.29 is 4.74 Å². The molecule has 12 rings (SSSR count). The second-order valence-corrected chi connectivity index (χ2v) is 16.4. The number of rotatable bonds is 7. The molecule has 3 atom stereocenters. The molecule has 0 spiro atoms. The fourth-order valence-electron chi connectivity index (χ4n) is 9.79. The Morgan fingerprint density at radius 2 is 0.937 bits per heavy atom. The van der Waals surface area contributed by atoms with E-state index in [1.165, 1.54) is 49.4 Å². The molecule has 2 unspecified atom stereocenters. The van der Waals surface area contributed by atoms with Gasteiger partial charge in [-0.1, -0.05) is 206 Å². The first kappa shape index (κ1) is 36.7. The number of hydrogen-bond donors (Lipinski definition) is 1. The number of ether oxygens (including phenoxy) is 1. The van der Waals surface area contributed by atoms with Crippen molar-refractivity contribution in [2.75, 3.05) is 0 Å². The van der Waals surface area contributed by atoms with Crippen LogP contribution < -0.4 is 10.1 Å². The average molecular weight is 808 g/mol. The van der Waals surface area contributed by atoms with Crippen LogP contribution >= 0.6 is 0 Å². The number of nitrogens with one attached hydrogen (secondary N) is 1. The molecule has 1 N–H and O–H groups in total. The number of aliphatic imine (C=N–C) groups is 2. The number of hydrogen-bond acceptors (Lipinski definition) is 4. The van der Waals surface area contributed by atoms with E-state index in [2.05, 4.69) is 206 Å². The molecule has 298 valence electrons. The summed E-state index contributed by atoms with van der Waals surface area (Å²) in [4.78, 5) is 10.5. The van der Waals surface area contributed by atoms with Crippen molar-refractivity contribution in [1.29, 1.82) is 0 Å². The first-order valence-corrected chi connectivity index (χ1v) is 21.7. The predicted molar refractivity (Wildman–Crippen MR) is 260 cm³/mol. The molecular weight excluding hydrogens is 767 g/mol. The van der Waals surface area contributed by atoms with Crippen LogP contribution in [0.15, 0.2) is 240 Å². The lowest BCUT2D eigenvalue weighted by molar-refractivity contribution is 0.267. The van der Waals surface area contributed by atoms with Gasteiger partial charge in [-0.3, -0.25) is 0 Å². The molecule has 0 saturated heterocycles. The molecule has 1 aliphatic carbocycles. The zero-order valence-corrected chi connectivity index (χ0v) is 34.4. The van der Waals surface area contributed by atoms with Crippen molar-refractivity contribution >= 4 is 33.2 Å². The van der Waals surface area contributed by atoms with Crippen LogP contribution in [0.2, 0.25) is 0 Å². The third-order valence-corrected chi connectivity index (χ3v) is 12.7. The Kier molecular flexibility index (Phi) is 9.00. The quantitative estimate of drug-likeness (QED) is 0.174. The third-order valence-electron chi connectivity index (χ3n) is 12.7. The maximum Gasteiger partial charge on any atom is 0.159 e. The van der Waals surface area contributed by atoms with Crippen LogP contribution in [0.1, 0.15) is 28.8 Å². The first-order valence-electron chi connectivity index (χ1n) is 21.7. The largest absolute Gasteiger partial charge is 0.484 e. The van der Waals surface area contributed by atoms with Gasteiger partial charge in [-0.25, -0.2) is 9.98 Å². The second-order valence-electron chi connectivity index (χ2n) is 16.4. The molecule has 4 nitrogen and oxygen atoms in total. The molecule has 0 amide bonds. The third kappa shape index (κ3) is 6.47. The summed E-state index contributed by atoms with van der Waals surface area (Å²) in [5, 5.41) is 8.58. The molecule has 0 fully saturated rings. The fourth-order valence-corrected chi connectivity index (χ4v) is 9.79. The number of benzene rings is 9. The van der Waals surface area contributed by atoms with E-state index in [4.69, 9.17) is 14.7 Å². The lowest BCUT2D eigenvalue weighted by Gasteiger charge is -2.29. The minimum absolute atomic E-state index is 0.133. The van der Waals surface area contributed by atoms with Crippen LogP contribution in [-0.4, -0.2) is 17.8 Å². The Balaban J connectivity index is 1.07. The number of nitrogens with zero attached hydrogens (tertiary/aromatic N) is 2. The smallest absolute Gasteiger partial charge is 0.159 e. The van der Waals surface area contributed by atoms with Crippen molar-refractivity contribution in [2.45, 2.75) is 18.2 Å². The molecule has 3 aliphatic rings. The van der Waals surface area contributed by atoms with E-state index in [1.807, 2.05) is 24.3 Å². The normalized spacial score (nSPS) is 17.5. The topological polar surface area (TPSA) is 46.0 Å². The molecule has 2 aliphatic heterocycles. The van der Waals surface area contributed by atoms with Crippen molar-refractivity contribution in [2.24, 2.45) is 9.98 Å². The van der Waals surface area contributed by atoms with E-state index in [9.17, 15) is 0 Å². The van der Waals surface area contributed by atoms with E-state index in [-0.39, 0.29) is 18.2 Å². The van der Waals surface area contributed by atoms with Crippen LogP contribution in [0.3, 0.4) is 0 Å². The van der Waals surface area contributed by atoms with E-state index in [0.29, 0.717) is 5.84 Å². The standard InChI is InChI=1S/C59H41N3O/c1-5-18-38(19-6-1)43-32-33-45(48-28-14-13-26-46(43)48)42-36-52(50-35-34-44(39-20-7-2-8-21-39)47-27-15-16-29-49(47)50)56-53(37-42)55-51(30-17-31-54(55)63-56)59-61-57(40-22-9-3-10-23-40)60-58(62-59)41-24-11-4-12-25-41/h1-37,54-55,57H,(H,60,61,62)/t54-,55?,57?/m1/s1. The van der Waals surface area contributed by atoms with Gasteiger partial charge in [0.15, 0.2) is 5.84 Å². The lowest BCUT2D eigenvalue weighted by atomic mass is 9.80. The number of allylic oxidation sites excluding steroid dienone is 2. The van der Waals surface area contributed by atoms with Gasteiger partial charge in [0.2, 0.25) is 0 Å². The molecular formula is C59H41N3O. The monoisotopic (exact) mass is 807 g/mol. The van der Waals surface area contributed by atoms with Gasteiger partial charge in [0.05, 0.1) is 5.92 Å². The highest BCUT2D eigenvalue weighted by Crippen LogP contribution is 2.53. The van der Waals surface area contributed by atoms with Crippen molar-refractivity contribution in [3.63, 3.8) is 0 Å². The molecule has 0 aromatic heterocycles. The summed E-state index contributed by atoms with van der Waals surface area (Å²) >= 11 is 0. The van der Waals surface area contributed by atoms with Gasteiger partial charge in [-0.05, 0) is 84.3 Å². The van der Waals surface area contributed by atoms with E-state index < -0.39 is 0 Å². The van der Waals surface area contributed by atoms with Crippen molar-refractivity contribution in [3.05, 3.63) is 247 Å². The fraction of sp³-hybridized carbons (Fsp3) is 0.0508. The first-order chi connectivity index (χ1) is 31.2. The molecule has 0 bridgehead atoms. The van der Waals surface area contributed by atoms with Crippen LogP contribution in [-0.2, 0) is 0 Å². The molecule has 0 saturated carbocycles. The molecule has 9 aromatic rings.